The first-order valence-corrected chi connectivity index (χ1v) is 2.52. The Morgan fingerprint density at radius 2 is 2.11 bits per heavy atom. The van der Waals surface area contributed by atoms with Crippen molar-refractivity contribution in [3.05, 3.63) is 0 Å². The van der Waals surface area contributed by atoms with Gasteiger partial charge < -0.3 is 10.8 Å². The standard InChI is InChI=1S/C5H9NO3/c1-3(7)4(6)2-5(8)9/h4H,2,6H2,1H3,(H,8,9)/t4-/m0/s1. The van der Waals surface area contributed by atoms with Crippen molar-refractivity contribution >= 4 is 11.8 Å². The summed E-state index contributed by atoms with van der Waals surface area (Å²) >= 11 is 0. The van der Waals surface area contributed by atoms with E-state index in [1.54, 1.807) is 0 Å². The van der Waals surface area contributed by atoms with E-state index in [-0.39, 0.29) is 12.2 Å². The molecule has 0 rings (SSSR count). The van der Waals surface area contributed by atoms with Crippen LogP contribution in [0.5, 0.6) is 0 Å². The molecule has 0 aliphatic heterocycles. The summed E-state index contributed by atoms with van der Waals surface area (Å²) in [5.41, 5.74) is 5.09. The fourth-order valence-electron chi connectivity index (χ4n) is 0.332. The molecule has 0 spiro atoms. The first kappa shape index (κ1) is 8.10. The Balaban J connectivity index is 3.63. The van der Waals surface area contributed by atoms with Gasteiger partial charge in [-0.1, -0.05) is 0 Å². The van der Waals surface area contributed by atoms with Crippen LogP contribution in [0.1, 0.15) is 13.3 Å². The predicted octanol–water partition coefficient (Wildman–Crippen LogP) is -0.623. The fraction of sp³-hybridized carbons (Fsp3) is 0.600. The number of carbonyl (C=O) groups excluding carboxylic acids is 1. The van der Waals surface area contributed by atoms with E-state index in [1.165, 1.54) is 6.92 Å². The van der Waals surface area contributed by atoms with Crippen LogP contribution in [0.25, 0.3) is 0 Å². The van der Waals surface area contributed by atoms with Gasteiger partial charge in [0.2, 0.25) is 0 Å². The number of aliphatic carboxylic acids is 1. The van der Waals surface area contributed by atoms with Crippen LogP contribution in [-0.2, 0) is 9.59 Å². The number of Topliss-reactive ketones (excluding diaryl/α,β-unsaturated/α-hetero) is 1. The number of carboxylic acids is 1. The first-order valence-electron chi connectivity index (χ1n) is 2.52. The molecule has 0 aliphatic rings. The Bertz CT molecular complexity index is 132. The summed E-state index contributed by atoms with van der Waals surface area (Å²) < 4.78 is 0. The van der Waals surface area contributed by atoms with Crippen molar-refractivity contribution in [2.24, 2.45) is 5.73 Å². The summed E-state index contributed by atoms with van der Waals surface area (Å²) in [7, 11) is 0. The second-order valence-electron chi connectivity index (χ2n) is 1.82. The maximum atomic E-state index is 10.3. The van der Waals surface area contributed by atoms with Crippen LogP contribution in [0.4, 0.5) is 0 Å². The minimum absolute atomic E-state index is 0.282. The van der Waals surface area contributed by atoms with Crippen LogP contribution < -0.4 is 5.73 Å². The molecule has 0 radical (unpaired) electrons. The number of carbonyl (C=O) groups is 2. The highest BCUT2D eigenvalue weighted by Gasteiger charge is 2.11. The molecular weight excluding hydrogens is 122 g/mol. The molecule has 0 heterocycles. The normalized spacial score (nSPS) is 12.7. The van der Waals surface area contributed by atoms with E-state index in [9.17, 15) is 9.59 Å². The Hall–Kier alpha value is -0.900. The Morgan fingerprint density at radius 1 is 1.67 bits per heavy atom. The van der Waals surface area contributed by atoms with Gasteiger partial charge in [0.15, 0.2) is 0 Å². The van der Waals surface area contributed by atoms with Crippen LogP contribution in [-0.4, -0.2) is 22.9 Å². The SMILES string of the molecule is CC(=O)[C@@H](N)CC(=O)O. The maximum Gasteiger partial charge on any atom is 0.305 e. The average Bonchev–Trinajstić information content (AvgIpc) is 1.63. The number of carboxylic acid groups (broad SMARTS) is 1. The van der Waals surface area contributed by atoms with Gasteiger partial charge in [-0.2, -0.15) is 0 Å². The highest BCUT2D eigenvalue weighted by atomic mass is 16.4. The molecule has 3 N–H and O–H groups in total. The molecule has 0 aromatic heterocycles. The zero-order valence-corrected chi connectivity index (χ0v) is 5.13. The molecule has 52 valence electrons. The maximum absolute atomic E-state index is 10.3. The second-order valence-corrected chi connectivity index (χ2v) is 1.82. The summed E-state index contributed by atoms with van der Waals surface area (Å²) in [6.07, 6.45) is -0.282. The van der Waals surface area contributed by atoms with Gasteiger partial charge in [-0.15, -0.1) is 0 Å². The third kappa shape index (κ3) is 3.66. The van der Waals surface area contributed by atoms with Crippen LogP contribution in [0.15, 0.2) is 0 Å². The van der Waals surface area contributed by atoms with Crippen molar-refractivity contribution in [3.8, 4) is 0 Å². The van der Waals surface area contributed by atoms with E-state index < -0.39 is 12.0 Å². The summed E-state index contributed by atoms with van der Waals surface area (Å²) in [6.45, 7) is 1.27. The Labute approximate surface area is 52.7 Å². The molecule has 0 bridgehead atoms. The molecule has 0 unspecified atom stereocenters. The largest absolute Gasteiger partial charge is 0.481 e. The summed E-state index contributed by atoms with van der Waals surface area (Å²) in [4.78, 5) is 20.2. The molecule has 9 heavy (non-hydrogen) atoms. The number of ketones is 1. The third-order valence-electron chi connectivity index (χ3n) is 0.917. The lowest BCUT2D eigenvalue weighted by Crippen LogP contribution is -2.30. The van der Waals surface area contributed by atoms with Crippen molar-refractivity contribution in [1.82, 2.24) is 0 Å². The van der Waals surface area contributed by atoms with Crippen LogP contribution >= 0.6 is 0 Å². The van der Waals surface area contributed by atoms with E-state index in [0.717, 1.165) is 0 Å². The number of rotatable bonds is 3. The number of nitrogens with two attached hydrogens (primary N) is 1. The number of hydrogen-bond acceptors (Lipinski definition) is 3. The smallest absolute Gasteiger partial charge is 0.305 e. The van der Waals surface area contributed by atoms with Crippen LogP contribution in [0.2, 0.25) is 0 Å². The van der Waals surface area contributed by atoms with E-state index >= 15 is 0 Å². The van der Waals surface area contributed by atoms with Crippen LogP contribution in [0.3, 0.4) is 0 Å². The van der Waals surface area contributed by atoms with E-state index in [4.69, 9.17) is 10.8 Å². The van der Waals surface area contributed by atoms with Crippen molar-refractivity contribution in [2.75, 3.05) is 0 Å². The van der Waals surface area contributed by atoms with Gasteiger partial charge in [-0.05, 0) is 6.92 Å². The molecule has 0 aliphatic carbocycles. The molecule has 4 nitrogen and oxygen atoms in total. The molecule has 0 amide bonds. The molecule has 0 saturated heterocycles. The molecule has 4 heteroatoms. The summed E-state index contributed by atoms with van der Waals surface area (Å²) in [5.74, 6) is -1.34. The van der Waals surface area contributed by atoms with Gasteiger partial charge in [0.1, 0.15) is 5.78 Å². The number of hydrogen-bond donors (Lipinski definition) is 2. The Morgan fingerprint density at radius 3 is 2.22 bits per heavy atom. The fourth-order valence-corrected chi connectivity index (χ4v) is 0.332. The highest BCUT2D eigenvalue weighted by molar-refractivity contribution is 5.85. The molecule has 0 aromatic carbocycles. The van der Waals surface area contributed by atoms with E-state index in [0.29, 0.717) is 0 Å². The molecule has 1 atom stereocenters. The van der Waals surface area contributed by atoms with Crippen LogP contribution in [0, 0.1) is 0 Å². The zero-order chi connectivity index (χ0) is 7.44. The Kier molecular flexibility index (Phi) is 2.87. The molecular formula is C5H9NO3. The van der Waals surface area contributed by atoms with Gasteiger partial charge in [-0.3, -0.25) is 9.59 Å². The topological polar surface area (TPSA) is 80.4 Å². The minimum atomic E-state index is -1.04. The summed E-state index contributed by atoms with van der Waals surface area (Å²) in [6, 6.07) is -0.845. The lowest BCUT2D eigenvalue weighted by Gasteiger charge is -2.00. The van der Waals surface area contributed by atoms with Gasteiger partial charge in [0, 0.05) is 0 Å². The third-order valence-corrected chi connectivity index (χ3v) is 0.917. The average molecular weight is 131 g/mol. The molecule has 0 saturated carbocycles. The quantitative estimate of drug-likeness (QED) is 0.534. The van der Waals surface area contributed by atoms with Gasteiger partial charge >= 0.3 is 5.97 Å². The second kappa shape index (κ2) is 3.19. The van der Waals surface area contributed by atoms with E-state index in [2.05, 4.69) is 0 Å². The lowest BCUT2D eigenvalue weighted by atomic mass is 10.1. The van der Waals surface area contributed by atoms with Gasteiger partial charge in [0.05, 0.1) is 12.5 Å². The molecule has 0 fully saturated rings. The first-order chi connectivity index (χ1) is 4.04. The highest BCUT2D eigenvalue weighted by Crippen LogP contribution is 1.87. The van der Waals surface area contributed by atoms with Gasteiger partial charge in [0.25, 0.3) is 0 Å². The zero-order valence-electron chi connectivity index (χ0n) is 5.13. The van der Waals surface area contributed by atoms with Crippen molar-refractivity contribution in [3.63, 3.8) is 0 Å². The van der Waals surface area contributed by atoms with Crippen molar-refractivity contribution in [1.29, 1.82) is 0 Å². The van der Waals surface area contributed by atoms with E-state index in [1.807, 2.05) is 0 Å². The van der Waals surface area contributed by atoms with Gasteiger partial charge in [-0.25, -0.2) is 0 Å². The minimum Gasteiger partial charge on any atom is -0.481 e. The monoisotopic (exact) mass is 131 g/mol. The summed E-state index contributed by atoms with van der Waals surface area (Å²) in [5, 5.41) is 8.10. The van der Waals surface area contributed by atoms with Crippen molar-refractivity contribution in [2.45, 2.75) is 19.4 Å². The predicted molar refractivity (Wildman–Crippen MR) is 30.9 cm³/mol. The lowest BCUT2D eigenvalue weighted by molar-refractivity contribution is -0.138. The molecule has 0 aromatic rings. The van der Waals surface area contributed by atoms with Crippen molar-refractivity contribution < 1.29 is 14.7 Å².